The average Bonchev–Trinajstić information content (AvgIpc) is 3.57. The Bertz CT molecular complexity index is 2760. The van der Waals surface area contributed by atoms with Crippen molar-refractivity contribution in [1.29, 1.82) is 0 Å². The minimum atomic E-state index is -2.93. The van der Waals surface area contributed by atoms with E-state index in [0.29, 0.717) is 16.7 Å². The number of benzene rings is 7. The van der Waals surface area contributed by atoms with Crippen molar-refractivity contribution in [3.8, 4) is 39.1 Å². The van der Waals surface area contributed by atoms with Gasteiger partial charge in [0.2, 0.25) is 0 Å². The van der Waals surface area contributed by atoms with Crippen LogP contribution in [0.15, 0.2) is 158 Å². The lowest BCUT2D eigenvalue weighted by Crippen LogP contribution is -2.01. The highest BCUT2D eigenvalue weighted by atomic mass is 15.1. The fourth-order valence-electron chi connectivity index (χ4n) is 7.17. The quantitative estimate of drug-likeness (QED) is 0.183. The van der Waals surface area contributed by atoms with Crippen LogP contribution in [0.2, 0.25) is 0 Å². The fourth-order valence-corrected chi connectivity index (χ4v) is 7.17. The third-order valence-electron chi connectivity index (χ3n) is 9.16. The van der Waals surface area contributed by atoms with Gasteiger partial charge in [0.1, 0.15) is 5.82 Å². The van der Waals surface area contributed by atoms with Gasteiger partial charge in [0.25, 0.3) is 0 Å². The number of pyridine rings is 1. The Morgan fingerprint density at radius 3 is 1.94 bits per heavy atom. The summed E-state index contributed by atoms with van der Waals surface area (Å²) in [6.07, 6.45) is 0.970. The van der Waals surface area contributed by atoms with E-state index in [1.807, 2.05) is 54.7 Å². The van der Waals surface area contributed by atoms with Crippen molar-refractivity contribution in [2.75, 3.05) is 0 Å². The first-order valence-electron chi connectivity index (χ1n) is 18.2. The number of aryl methyl sites for hydroxylation is 1. The Labute approximate surface area is 280 Å². The number of nitrogens with zero attached hydrogens (tertiary/aromatic N) is 3. The number of hydrogen-bond acceptors (Lipinski definition) is 2. The van der Waals surface area contributed by atoms with Gasteiger partial charge < -0.3 is 0 Å². The van der Waals surface area contributed by atoms with Crippen LogP contribution >= 0.6 is 0 Å². The Hall–Kier alpha value is -6.06. The van der Waals surface area contributed by atoms with Gasteiger partial charge in [0.15, 0.2) is 0 Å². The van der Waals surface area contributed by atoms with Crippen molar-refractivity contribution in [2.45, 2.75) is 13.2 Å². The predicted molar refractivity (Wildman–Crippen MR) is 197 cm³/mol. The number of rotatable bonds is 5. The summed E-state index contributed by atoms with van der Waals surface area (Å²) in [6.45, 7) is -2.93. The van der Waals surface area contributed by atoms with Crippen molar-refractivity contribution in [3.05, 3.63) is 164 Å². The topological polar surface area (TPSA) is 30.7 Å². The maximum absolute atomic E-state index is 8.78. The Balaban J connectivity index is 1.33. The van der Waals surface area contributed by atoms with E-state index >= 15 is 0 Å². The summed E-state index contributed by atoms with van der Waals surface area (Å²) in [4.78, 5) is 8.93. The fraction of sp³-hybridized carbons (Fsp3) is 0.0455. The third-order valence-corrected chi connectivity index (χ3v) is 9.16. The average molecular weight is 607 g/mol. The molecule has 3 heteroatoms. The molecule has 0 spiro atoms. The van der Waals surface area contributed by atoms with Gasteiger partial charge >= 0.3 is 0 Å². The van der Waals surface area contributed by atoms with Crippen LogP contribution in [0.4, 0.5) is 0 Å². The van der Waals surface area contributed by atoms with Gasteiger partial charge in [-0.2, -0.15) is 0 Å². The number of para-hydroxylation sites is 2. The molecule has 0 N–H and O–H groups in total. The Kier molecular flexibility index (Phi) is 5.29. The monoisotopic (exact) mass is 606 g/mol. The zero-order valence-corrected chi connectivity index (χ0v) is 25.4. The molecule has 2 aromatic heterocycles. The van der Waals surface area contributed by atoms with Crippen molar-refractivity contribution >= 4 is 43.4 Å². The van der Waals surface area contributed by atoms with E-state index < -0.39 is 13.2 Å². The zero-order chi connectivity index (χ0) is 35.6. The minimum absolute atomic E-state index is 0.152. The summed E-state index contributed by atoms with van der Waals surface area (Å²) in [5.74, 6) is -0.152. The van der Waals surface area contributed by atoms with Crippen molar-refractivity contribution in [3.63, 3.8) is 0 Å². The Morgan fingerprint density at radius 1 is 0.574 bits per heavy atom. The van der Waals surface area contributed by atoms with Gasteiger partial charge in [-0.15, -0.1) is 0 Å². The first-order valence-corrected chi connectivity index (χ1v) is 15.7. The molecular formula is C44H31N3. The maximum Gasteiger partial charge on any atom is 0.114 e. The molecule has 0 aliphatic rings. The van der Waals surface area contributed by atoms with Gasteiger partial charge in [0, 0.05) is 36.6 Å². The second-order valence-electron chi connectivity index (χ2n) is 11.7. The molecule has 7 aromatic carbocycles. The molecule has 9 aromatic rings. The molecule has 3 nitrogen and oxygen atoms in total. The van der Waals surface area contributed by atoms with Crippen LogP contribution in [0.3, 0.4) is 0 Å². The first kappa shape index (κ1) is 22.4. The van der Waals surface area contributed by atoms with E-state index in [9.17, 15) is 0 Å². The molecule has 0 fully saturated rings. The summed E-state index contributed by atoms with van der Waals surface area (Å²) in [5, 5.41) is 6.27. The molecule has 9 rings (SSSR count). The molecular weight excluding hydrogens is 571 g/mol. The van der Waals surface area contributed by atoms with Crippen LogP contribution in [0.5, 0.6) is 0 Å². The van der Waals surface area contributed by atoms with Gasteiger partial charge in [-0.3, -0.25) is 9.55 Å². The SMILES string of the molecule is [2H]C([2H])([2H])C([2H])([2H])c1nc2ccccc2n1-c1ccc(-c2c3ccccc3c(-c3cccc(-c4cccnc4)c3)c3ccccc23)c2ccccc12. The highest BCUT2D eigenvalue weighted by Gasteiger charge is 2.20. The summed E-state index contributed by atoms with van der Waals surface area (Å²) < 4.78 is 43.6. The molecule has 0 saturated heterocycles. The van der Waals surface area contributed by atoms with Crippen LogP contribution in [0.1, 0.15) is 19.5 Å². The first-order chi connectivity index (χ1) is 25.2. The standard InChI is InChI=1S/C44H31N3/c1-2-42-46-39-22-9-10-23-41(39)47(42)40-25-24-38(32-16-3-4-17-33(32)40)44-36-20-7-5-18-34(36)43(35-19-6-8-21-37(35)44)30-14-11-13-29(27-30)31-15-12-26-45-28-31/h3-28H,2H2,1H3/i1D3,2D2. The van der Waals surface area contributed by atoms with Gasteiger partial charge in [-0.25, -0.2) is 4.98 Å². The lowest BCUT2D eigenvalue weighted by atomic mass is 9.84. The smallest absolute Gasteiger partial charge is 0.114 e. The molecule has 222 valence electrons. The lowest BCUT2D eigenvalue weighted by molar-refractivity contribution is 0.913. The van der Waals surface area contributed by atoms with Crippen LogP contribution in [0.25, 0.3) is 82.4 Å². The van der Waals surface area contributed by atoms with Gasteiger partial charge in [0.05, 0.1) is 16.7 Å². The minimum Gasteiger partial charge on any atom is -0.296 e. The van der Waals surface area contributed by atoms with Crippen LogP contribution < -0.4 is 0 Å². The molecule has 0 unspecified atom stereocenters. The number of imidazole rings is 1. The number of hydrogen-bond donors (Lipinski definition) is 0. The molecule has 2 heterocycles. The Morgan fingerprint density at radius 2 is 1.21 bits per heavy atom. The molecule has 0 atom stereocenters. The van der Waals surface area contributed by atoms with E-state index in [-0.39, 0.29) is 5.82 Å². The summed E-state index contributed by atoms with van der Waals surface area (Å²) >= 11 is 0. The largest absolute Gasteiger partial charge is 0.296 e. The second kappa shape index (κ2) is 11.1. The van der Waals surface area contributed by atoms with E-state index in [0.717, 1.165) is 65.7 Å². The van der Waals surface area contributed by atoms with Crippen LogP contribution in [-0.4, -0.2) is 14.5 Å². The molecule has 0 aliphatic heterocycles. The second-order valence-corrected chi connectivity index (χ2v) is 11.7. The molecule has 0 saturated carbocycles. The maximum atomic E-state index is 8.78. The molecule has 47 heavy (non-hydrogen) atoms. The van der Waals surface area contributed by atoms with E-state index in [1.54, 1.807) is 16.8 Å². The van der Waals surface area contributed by atoms with Crippen LogP contribution in [-0.2, 0) is 6.37 Å². The third kappa shape index (κ3) is 4.35. The molecule has 0 radical (unpaired) electrons. The zero-order valence-electron chi connectivity index (χ0n) is 30.4. The highest BCUT2D eigenvalue weighted by Crippen LogP contribution is 2.46. The van der Waals surface area contributed by atoms with E-state index in [2.05, 4.69) is 101 Å². The lowest BCUT2D eigenvalue weighted by Gasteiger charge is -2.20. The summed E-state index contributed by atoms with van der Waals surface area (Å²) in [6, 6.07) is 49.2. The van der Waals surface area contributed by atoms with Crippen LogP contribution in [0, 0.1) is 0 Å². The van der Waals surface area contributed by atoms with Gasteiger partial charge in [-0.05, 0) is 85.1 Å². The molecule has 0 bridgehead atoms. The van der Waals surface area contributed by atoms with Crippen molar-refractivity contribution in [1.82, 2.24) is 14.5 Å². The highest BCUT2D eigenvalue weighted by molar-refractivity contribution is 6.24. The number of fused-ring (bicyclic) bond motifs is 4. The number of aromatic nitrogens is 3. The summed E-state index contributed by atoms with van der Waals surface area (Å²) in [5.41, 5.74) is 8.36. The predicted octanol–water partition coefficient (Wildman–Crippen LogP) is 11.4. The van der Waals surface area contributed by atoms with E-state index in [1.165, 1.54) is 0 Å². The van der Waals surface area contributed by atoms with E-state index in [4.69, 9.17) is 6.85 Å². The molecule has 0 aliphatic carbocycles. The normalized spacial score (nSPS) is 13.7. The van der Waals surface area contributed by atoms with Gasteiger partial charge in [-0.1, -0.05) is 122 Å². The molecule has 0 amide bonds. The summed E-state index contributed by atoms with van der Waals surface area (Å²) in [7, 11) is 0. The van der Waals surface area contributed by atoms with Crippen molar-refractivity contribution in [2.24, 2.45) is 0 Å². The van der Waals surface area contributed by atoms with Crippen molar-refractivity contribution < 1.29 is 6.85 Å².